The molecule has 3 aromatic rings. The first-order chi connectivity index (χ1) is 15.0. The molecule has 8 nitrogen and oxygen atoms in total. The second-order valence-corrected chi connectivity index (χ2v) is 7.37. The molecule has 0 N–H and O–H groups in total. The van der Waals surface area contributed by atoms with Gasteiger partial charge in [-0.15, -0.1) is 0 Å². The first-order valence-corrected chi connectivity index (χ1v) is 9.90. The number of anilines is 1. The number of carbonyl (C=O) groups excluding carboxylic acids is 2. The number of rotatable bonds is 7. The van der Waals surface area contributed by atoms with Crippen molar-refractivity contribution in [2.75, 3.05) is 26.2 Å². The smallest absolute Gasteiger partial charge is 0.251 e. The van der Waals surface area contributed by atoms with Crippen LogP contribution in [0.25, 0.3) is 5.69 Å². The zero-order valence-corrected chi connectivity index (χ0v) is 17.7. The summed E-state index contributed by atoms with van der Waals surface area (Å²) in [6, 6.07) is 14.3. The van der Waals surface area contributed by atoms with Gasteiger partial charge in [0.25, 0.3) is 5.91 Å². The quantitative estimate of drug-likeness (QED) is 0.547. The number of benzene rings is 2. The molecule has 0 aliphatic carbocycles. The van der Waals surface area contributed by atoms with E-state index in [-0.39, 0.29) is 18.2 Å². The average Bonchev–Trinajstić information content (AvgIpc) is 3.38. The lowest BCUT2D eigenvalue weighted by Crippen LogP contribution is -2.39. The summed E-state index contributed by atoms with van der Waals surface area (Å²) < 4.78 is 12.4. The minimum Gasteiger partial charge on any atom is -0.497 e. The summed E-state index contributed by atoms with van der Waals surface area (Å²) in [5.41, 5.74) is 2.33. The summed E-state index contributed by atoms with van der Waals surface area (Å²) >= 11 is 0. The SMILES string of the molecule is COc1ccc(N2C(=O)C[C@@H](N(C)Cc3cnn(-c4ccccc4)c3)C2=O)c(OC)c1. The number of nitrogens with zero attached hydrogens (tertiary/aromatic N) is 4. The highest BCUT2D eigenvalue weighted by Gasteiger charge is 2.42. The fraction of sp³-hybridized carbons (Fsp3) is 0.261. The lowest BCUT2D eigenvalue weighted by atomic mass is 10.2. The van der Waals surface area contributed by atoms with E-state index >= 15 is 0 Å². The molecule has 31 heavy (non-hydrogen) atoms. The van der Waals surface area contributed by atoms with E-state index in [0.29, 0.717) is 23.7 Å². The minimum absolute atomic E-state index is 0.108. The van der Waals surface area contributed by atoms with E-state index in [4.69, 9.17) is 9.47 Å². The van der Waals surface area contributed by atoms with E-state index in [1.54, 1.807) is 36.2 Å². The molecule has 0 unspecified atom stereocenters. The number of para-hydroxylation sites is 1. The molecule has 2 aromatic carbocycles. The van der Waals surface area contributed by atoms with Crippen molar-refractivity contribution < 1.29 is 19.1 Å². The average molecular weight is 420 g/mol. The van der Waals surface area contributed by atoms with E-state index in [0.717, 1.165) is 11.3 Å². The zero-order valence-electron chi connectivity index (χ0n) is 17.7. The number of aromatic nitrogens is 2. The third-order valence-electron chi connectivity index (χ3n) is 5.37. The zero-order chi connectivity index (χ0) is 22.0. The van der Waals surface area contributed by atoms with Crippen molar-refractivity contribution in [1.82, 2.24) is 14.7 Å². The van der Waals surface area contributed by atoms with Crippen LogP contribution in [0, 0.1) is 0 Å². The fourth-order valence-electron chi connectivity index (χ4n) is 3.74. The maximum atomic E-state index is 13.2. The molecule has 1 aliphatic rings. The molecule has 2 heterocycles. The van der Waals surface area contributed by atoms with Crippen molar-refractivity contribution in [2.24, 2.45) is 0 Å². The number of likely N-dealkylation sites (N-methyl/N-ethyl adjacent to an activating group) is 1. The monoisotopic (exact) mass is 420 g/mol. The number of methoxy groups -OCH3 is 2. The maximum absolute atomic E-state index is 13.2. The van der Waals surface area contributed by atoms with Gasteiger partial charge in [0, 0.05) is 24.4 Å². The standard InChI is InChI=1S/C23H24N4O4/c1-25(14-16-13-24-26(15-16)17-7-5-4-6-8-17)20-12-22(28)27(23(20)29)19-10-9-18(30-2)11-21(19)31-3/h4-11,13,15,20H,12,14H2,1-3H3/t20-/m1/s1. The van der Waals surface area contributed by atoms with E-state index in [9.17, 15) is 9.59 Å². The van der Waals surface area contributed by atoms with Crippen molar-refractivity contribution in [1.29, 1.82) is 0 Å². The highest BCUT2D eigenvalue weighted by Crippen LogP contribution is 2.36. The minimum atomic E-state index is -0.556. The molecule has 1 aromatic heterocycles. The highest BCUT2D eigenvalue weighted by molar-refractivity contribution is 6.23. The molecule has 1 fully saturated rings. The maximum Gasteiger partial charge on any atom is 0.251 e. The van der Waals surface area contributed by atoms with E-state index < -0.39 is 6.04 Å². The van der Waals surface area contributed by atoms with Gasteiger partial charge in [-0.3, -0.25) is 14.5 Å². The molecule has 1 aliphatic heterocycles. The molecular formula is C23H24N4O4. The second-order valence-electron chi connectivity index (χ2n) is 7.37. The molecule has 1 atom stereocenters. The van der Waals surface area contributed by atoms with Crippen LogP contribution in [0.15, 0.2) is 60.9 Å². The summed E-state index contributed by atoms with van der Waals surface area (Å²) in [5.74, 6) is 0.467. The molecule has 0 bridgehead atoms. The fourth-order valence-corrected chi connectivity index (χ4v) is 3.74. The molecule has 4 rings (SSSR count). The van der Waals surface area contributed by atoms with Crippen molar-refractivity contribution in [3.8, 4) is 17.2 Å². The second kappa shape index (κ2) is 8.61. The van der Waals surface area contributed by atoms with Crippen LogP contribution in [0.2, 0.25) is 0 Å². The van der Waals surface area contributed by atoms with Crippen molar-refractivity contribution in [2.45, 2.75) is 19.0 Å². The number of amides is 2. The Morgan fingerprint density at radius 1 is 1.10 bits per heavy atom. The van der Waals surface area contributed by atoms with E-state index in [1.165, 1.54) is 12.0 Å². The van der Waals surface area contributed by atoms with E-state index in [2.05, 4.69) is 5.10 Å². The van der Waals surface area contributed by atoms with Gasteiger partial charge in [0.2, 0.25) is 5.91 Å². The van der Waals surface area contributed by atoms with Crippen LogP contribution in [0.5, 0.6) is 11.5 Å². The van der Waals surface area contributed by atoms with Gasteiger partial charge in [0.1, 0.15) is 11.5 Å². The third kappa shape index (κ3) is 4.02. The largest absolute Gasteiger partial charge is 0.497 e. The molecule has 0 spiro atoms. The van der Waals surface area contributed by atoms with Gasteiger partial charge in [0.15, 0.2) is 0 Å². The van der Waals surface area contributed by atoms with Crippen LogP contribution in [-0.4, -0.2) is 53.8 Å². The predicted octanol–water partition coefficient (Wildman–Crippen LogP) is 2.65. The number of imide groups is 1. The Hall–Kier alpha value is -3.65. The molecule has 8 heteroatoms. The van der Waals surface area contributed by atoms with Gasteiger partial charge in [-0.25, -0.2) is 9.58 Å². The first kappa shape index (κ1) is 20.6. The third-order valence-corrected chi connectivity index (χ3v) is 5.37. The van der Waals surface area contributed by atoms with Crippen molar-refractivity contribution in [3.05, 3.63) is 66.5 Å². The van der Waals surface area contributed by atoms with Crippen molar-refractivity contribution >= 4 is 17.5 Å². The number of ether oxygens (including phenoxy) is 2. The van der Waals surface area contributed by atoms with Gasteiger partial charge < -0.3 is 9.47 Å². The topological polar surface area (TPSA) is 76.9 Å². The lowest BCUT2D eigenvalue weighted by molar-refractivity contribution is -0.122. The van der Waals surface area contributed by atoms with Gasteiger partial charge in [0.05, 0.1) is 44.3 Å². The summed E-state index contributed by atoms with van der Waals surface area (Å²) in [6.45, 7) is 0.490. The summed E-state index contributed by atoms with van der Waals surface area (Å²) in [7, 11) is 4.88. The molecular weight excluding hydrogens is 396 g/mol. The Morgan fingerprint density at radius 3 is 2.58 bits per heavy atom. The molecule has 0 saturated carbocycles. The predicted molar refractivity (Wildman–Crippen MR) is 115 cm³/mol. The van der Waals surface area contributed by atoms with Crippen molar-refractivity contribution in [3.63, 3.8) is 0 Å². The summed E-state index contributed by atoms with van der Waals surface area (Å²) in [6.07, 6.45) is 3.81. The Morgan fingerprint density at radius 2 is 1.87 bits per heavy atom. The van der Waals surface area contributed by atoms with Crippen LogP contribution in [0.4, 0.5) is 5.69 Å². The number of carbonyl (C=O) groups is 2. The van der Waals surface area contributed by atoms with Crippen LogP contribution < -0.4 is 14.4 Å². The van der Waals surface area contributed by atoms with Crippen LogP contribution in [0.3, 0.4) is 0 Å². The normalized spacial score (nSPS) is 16.3. The Kier molecular flexibility index (Phi) is 5.73. The Balaban J connectivity index is 1.51. The van der Waals surface area contributed by atoms with Gasteiger partial charge in [-0.05, 0) is 31.3 Å². The molecule has 2 amide bonds. The first-order valence-electron chi connectivity index (χ1n) is 9.90. The molecule has 160 valence electrons. The van der Waals surface area contributed by atoms with Gasteiger partial charge >= 0.3 is 0 Å². The highest BCUT2D eigenvalue weighted by atomic mass is 16.5. The number of hydrogen-bond acceptors (Lipinski definition) is 6. The molecule has 0 radical (unpaired) electrons. The van der Waals surface area contributed by atoms with Gasteiger partial charge in [-0.2, -0.15) is 5.10 Å². The molecule has 1 saturated heterocycles. The lowest BCUT2D eigenvalue weighted by Gasteiger charge is -2.23. The summed E-state index contributed by atoms with van der Waals surface area (Å²) in [5, 5.41) is 4.40. The Labute approximate surface area is 180 Å². The van der Waals surface area contributed by atoms with Crippen LogP contribution in [-0.2, 0) is 16.1 Å². The summed E-state index contributed by atoms with van der Waals surface area (Å²) in [4.78, 5) is 29.0. The number of hydrogen-bond donors (Lipinski definition) is 0. The van der Waals surface area contributed by atoms with Crippen LogP contribution in [0.1, 0.15) is 12.0 Å². The van der Waals surface area contributed by atoms with E-state index in [1.807, 2.05) is 48.5 Å². The van der Waals surface area contributed by atoms with Gasteiger partial charge in [-0.1, -0.05) is 18.2 Å². The van der Waals surface area contributed by atoms with Crippen LogP contribution >= 0.6 is 0 Å². The Bertz CT molecular complexity index is 1100.